The number of aliphatic hydroxyl groups is 1. The van der Waals surface area contributed by atoms with Gasteiger partial charge in [0.15, 0.2) is 0 Å². The standard InChI is InChI=1S/C14H30N2O2/c1-6-14(4,5)16-12(18)10-15-11-13(2,3)8-7-9-17/h15,17H,6-11H2,1-5H3,(H,16,18). The fourth-order valence-electron chi connectivity index (χ4n) is 1.67. The number of aliphatic hydroxyl groups excluding tert-OH is 1. The van der Waals surface area contributed by atoms with Gasteiger partial charge >= 0.3 is 0 Å². The Morgan fingerprint density at radius 2 is 1.83 bits per heavy atom. The van der Waals surface area contributed by atoms with E-state index in [-0.39, 0.29) is 23.5 Å². The van der Waals surface area contributed by atoms with Crippen LogP contribution in [0.25, 0.3) is 0 Å². The summed E-state index contributed by atoms with van der Waals surface area (Å²) in [5, 5.41) is 15.0. The zero-order valence-electron chi connectivity index (χ0n) is 12.6. The van der Waals surface area contributed by atoms with Gasteiger partial charge in [-0.1, -0.05) is 20.8 Å². The van der Waals surface area contributed by atoms with Crippen LogP contribution in [0.1, 0.15) is 53.9 Å². The Labute approximate surface area is 112 Å². The zero-order valence-corrected chi connectivity index (χ0v) is 12.6. The van der Waals surface area contributed by atoms with Crippen LogP contribution in [0.2, 0.25) is 0 Å². The fourth-order valence-corrected chi connectivity index (χ4v) is 1.67. The summed E-state index contributed by atoms with van der Waals surface area (Å²) in [6, 6.07) is 0. The Kier molecular flexibility index (Phi) is 7.48. The first-order valence-corrected chi connectivity index (χ1v) is 6.85. The highest BCUT2D eigenvalue weighted by Crippen LogP contribution is 2.20. The third-order valence-electron chi connectivity index (χ3n) is 3.26. The summed E-state index contributed by atoms with van der Waals surface area (Å²) in [4.78, 5) is 11.7. The monoisotopic (exact) mass is 258 g/mol. The highest BCUT2D eigenvalue weighted by Gasteiger charge is 2.19. The Morgan fingerprint density at radius 1 is 1.22 bits per heavy atom. The van der Waals surface area contributed by atoms with Crippen molar-refractivity contribution in [3.05, 3.63) is 0 Å². The lowest BCUT2D eigenvalue weighted by Gasteiger charge is -2.27. The second kappa shape index (κ2) is 7.74. The average molecular weight is 258 g/mol. The van der Waals surface area contributed by atoms with Gasteiger partial charge in [-0.05, 0) is 38.5 Å². The molecule has 4 nitrogen and oxygen atoms in total. The number of carbonyl (C=O) groups excluding carboxylic acids is 1. The van der Waals surface area contributed by atoms with Crippen LogP contribution in [-0.2, 0) is 4.79 Å². The van der Waals surface area contributed by atoms with E-state index in [0.29, 0.717) is 6.54 Å². The van der Waals surface area contributed by atoms with Crippen molar-refractivity contribution in [1.29, 1.82) is 0 Å². The van der Waals surface area contributed by atoms with E-state index in [2.05, 4.69) is 31.4 Å². The fraction of sp³-hybridized carbons (Fsp3) is 0.929. The second-order valence-corrected chi connectivity index (χ2v) is 6.38. The smallest absolute Gasteiger partial charge is 0.234 e. The van der Waals surface area contributed by atoms with E-state index in [0.717, 1.165) is 25.8 Å². The van der Waals surface area contributed by atoms with Crippen LogP contribution in [-0.4, -0.2) is 36.2 Å². The van der Waals surface area contributed by atoms with E-state index in [9.17, 15) is 4.79 Å². The van der Waals surface area contributed by atoms with Gasteiger partial charge in [0.1, 0.15) is 0 Å². The van der Waals surface area contributed by atoms with Crippen molar-refractivity contribution < 1.29 is 9.90 Å². The summed E-state index contributed by atoms with van der Waals surface area (Å²) in [6.45, 7) is 11.8. The van der Waals surface area contributed by atoms with Crippen LogP contribution in [0, 0.1) is 5.41 Å². The molecule has 0 saturated carbocycles. The molecule has 0 aliphatic carbocycles. The summed E-state index contributed by atoms with van der Waals surface area (Å²) in [6.07, 6.45) is 2.68. The van der Waals surface area contributed by atoms with E-state index >= 15 is 0 Å². The summed E-state index contributed by atoms with van der Waals surface area (Å²) in [5.74, 6) is 0.0415. The van der Waals surface area contributed by atoms with Gasteiger partial charge in [0.05, 0.1) is 6.54 Å². The van der Waals surface area contributed by atoms with Crippen LogP contribution in [0.3, 0.4) is 0 Å². The third-order valence-corrected chi connectivity index (χ3v) is 3.26. The van der Waals surface area contributed by atoms with Crippen molar-refractivity contribution in [3.63, 3.8) is 0 Å². The lowest BCUT2D eigenvalue weighted by Crippen LogP contribution is -2.47. The summed E-state index contributed by atoms with van der Waals surface area (Å²) >= 11 is 0. The van der Waals surface area contributed by atoms with E-state index in [4.69, 9.17) is 5.11 Å². The molecule has 0 atom stereocenters. The molecule has 0 aromatic rings. The van der Waals surface area contributed by atoms with Crippen LogP contribution >= 0.6 is 0 Å². The van der Waals surface area contributed by atoms with Gasteiger partial charge in [0, 0.05) is 18.7 Å². The van der Waals surface area contributed by atoms with Gasteiger partial charge < -0.3 is 15.7 Å². The average Bonchev–Trinajstić information content (AvgIpc) is 2.25. The maximum absolute atomic E-state index is 11.7. The zero-order chi connectivity index (χ0) is 14.2. The van der Waals surface area contributed by atoms with Crippen molar-refractivity contribution in [2.45, 2.75) is 59.4 Å². The molecule has 0 rings (SSSR count). The molecule has 108 valence electrons. The summed E-state index contributed by atoms with van der Waals surface area (Å²) in [5.41, 5.74) is -0.0194. The molecule has 0 saturated heterocycles. The number of amides is 1. The molecule has 3 N–H and O–H groups in total. The summed E-state index contributed by atoms with van der Waals surface area (Å²) in [7, 11) is 0. The van der Waals surface area contributed by atoms with Gasteiger partial charge in [-0.2, -0.15) is 0 Å². The maximum atomic E-state index is 11.7. The van der Waals surface area contributed by atoms with Crippen LogP contribution in [0.4, 0.5) is 0 Å². The molecule has 0 aromatic heterocycles. The normalized spacial score (nSPS) is 12.6. The van der Waals surface area contributed by atoms with E-state index in [1.54, 1.807) is 0 Å². The molecule has 0 aromatic carbocycles. The van der Waals surface area contributed by atoms with Gasteiger partial charge in [-0.3, -0.25) is 4.79 Å². The Morgan fingerprint density at radius 3 is 2.33 bits per heavy atom. The topological polar surface area (TPSA) is 61.4 Å². The first-order valence-electron chi connectivity index (χ1n) is 6.85. The summed E-state index contributed by atoms with van der Waals surface area (Å²) < 4.78 is 0. The molecule has 0 aliphatic rings. The van der Waals surface area contributed by atoms with Crippen molar-refractivity contribution in [3.8, 4) is 0 Å². The first kappa shape index (κ1) is 17.4. The number of hydrogen-bond donors (Lipinski definition) is 3. The largest absolute Gasteiger partial charge is 0.396 e. The molecule has 0 spiro atoms. The maximum Gasteiger partial charge on any atom is 0.234 e. The predicted molar refractivity (Wildman–Crippen MR) is 75.5 cm³/mol. The molecule has 0 unspecified atom stereocenters. The number of nitrogens with one attached hydrogen (secondary N) is 2. The number of carbonyl (C=O) groups is 1. The molecule has 0 fully saturated rings. The van der Waals surface area contributed by atoms with E-state index in [1.807, 2.05) is 13.8 Å². The highest BCUT2D eigenvalue weighted by molar-refractivity contribution is 5.78. The van der Waals surface area contributed by atoms with E-state index < -0.39 is 0 Å². The molecule has 0 bridgehead atoms. The highest BCUT2D eigenvalue weighted by atomic mass is 16.2. The van der Waals surface area contributed by atoms with Crippen molar-refractivity contribution >= 4 is 5.91 Å². The molecule has 18 heavy (non-hydrogen) atoms. The number of rotatable bonds is 9. The Hall–Kier alpha value is -0.610. The molecular weight excluding hydrogens is 228 g/mol. The van der Waals surface area contributed by atoms with Gasteiger partial charge in [0.2, 0.25) is 5.91 Å². The molecule has 0 aliphatic heterocycles. The lowest BCUT2D eigenvalue weighted by atomic mass is 9.88. The van der Waals surface area contributed by atoms with Crippen molar-refractivity contribution in [1.82, 2.24) is 10.6 Å². The minimum atomic E-state index is -0.134. The van der Waals surface area contributed by atoms with Gasteiger partial charge in [-0.25, -0.2) is 0 Å². The molecular formula is C14H30N2O2. The molecule has 0 radical (unpaired) electrons. The van der Waals surface area contributed by atoms with Gasteiger partial charge in [-0.15, -0.1) is 0 Å². The first-order chi connectivity index (χ1) is 8.22. The Bertz CT molecular complexity index is 250. The number of hydrogen-bond acceptors (Lipinski definition) is 3. The second-order valence-electron chi connectivity index (χ2n) is 6.38. The third kappa shape index (κ3) is 8.48. The molecule has 0 heterocycles. The van der Waals surface area contributed by atoms with E-state index in [1.165, 1.54) is 0 Å². The minimum Gasteiger partial charge on any atom is -0.396 e. The van der Waals surface area contributed by atoms with Crippen molar-refractivity contribution in [2.24, 2.45) is 5.41 Å². The quantitative estimate of drug-likeness (QED) is 0.589. The van der Waals surface area contributed by atoms with Crippen LogP contribution < -0.4 is 10.6 Å². The molecule has 4 heteroatoms. The van der Waals surface area contributed by atoms with Crippen LogP contribution in [0.15, 0.2) is 0 Å². The Balaban J connectivity index is 3.87. The van der Waals surface area contributed by atoms with Crippen LogP contribution in [0.5, 0.6) is 0 Å². The predicted octanol–water partition coefficient (Wildman–Crippen LogP) is 1.68. The molecule has 1 amide bonds. The van der Waals surface area contributed by atoms with Crippen molar-refractivity contribution in [2.75, 3.05) is 19.7 Å². The SMILES string of the molecule is CCC(C)(C)NC(=O)CNCC(C)(C)CCCO. The lowest BCUT2D eigenvalue weighted by molar-refractivity contribution is -0.121. The van der Waals surface area contributed by atoms with Gasteiger partial charge in [0.25, 0.3) is 0 Å². The minimum absolute atomic E-state index is 0.0415.